The van der Waals surface area contributed by atoms with Crippen LogP contribution in [0.15, 0.2) is 24.3 Å². The Hall–Kier alpha value is -1.27. The van der Waals surface area contributed by atoms with E-state index in [-0.39, 0.29) is 11.7 Å². The van der Waals surface area contributed by atoms with Crippen LogP contribution in [-0.4, -0.2) is 37.4 Å². The Bertz CT molecular complexity index is 583. The maximum Gasteiger partial charge on any atom is 0.251 e. The van der Waals surface area contributed by atoms with Crippen molar-refractivity contribution in [2.45, 2.75) is 37.9 Å². The minimum Gasteiger partial charge on any atom is -0.383 e. The quantitative estimate of drug-likeness (QED) is 0.560. The Kier molecular flexibility index (Phi) is 7.16. The molecule has 1 aromatic carbocycles. The van der Waals surface area contributed by atoms with E-state index >= 15 is 0 Å². The standard InChI is InChI=1S/C15H23ClN2O3S/c1-11(2)18-14-7-5-13(6-8-14)15(19)17-9-4-10-22(20,21)12(3)16/h5-8,11-12,18H,4,9-10H2,1-3H3,(H,17,19). The SMILES string of the molecule is CC(C)Nc1ccc(C(=O)NCCCS(=O)(=O)C(C)Cl)cc1. The van der Waals surface area contributed by atoms with E-state index in [2.05, 4.69) is 10.6 Å². The molecule has 1 rings (SSSR count). The van der Waals surface area contributed by atoms with Crippen molar-refractivity contribution in [3.63, 3.8) is 0 Å². The van der Waals surface area contributed by atoms with Gasteiger partial charge in [0.05, 0.1) is 5.75 Å². The van der Waals surface area contributed by atoms with Crippen LogP contribution in [0.3, 0.4) is 0 Å². The molecule has 0 aliphatic heterocycles. The number of alkyl halides is 1. The topological polar surface area (TPSA) is 75.3 Å². The van der Waals surface area contributed by atoms with Crippen molar-refractivity contribution in [3.8, 4) is 0 Å². The lowest BCUT2D eigenvalue weighted by Crippen LogP contribution is -2.27. The fourth-order valence-corrected chi connectivity index (χ4v) is 2.93. The van der Waals surface area contributed by atoms with Crippen LogP contribution in [0, 0.1) is 0 Å². The molecule has 0 aliphatic carbocycles. The minimum atomic E-state index is -3.27. The van der Waals surface area contributed by atoms with E-state index in [9.17, 15) is 13.2 Å². The zero-order valence-electron chi connectivity index (χ0n) is 13.1. The van der Waals surface area contributed by atoms with E-state index in [0.717, 1.165) is 5.69 Å². The molecule has 1 aromatic rings. The molecule has 0 spiro atoms. The molecule has 124 valence electrons. The molecule has 0 aliphatic rings. The van der Waals surface area contributed by atoms with Crippen molar-refractivity contribution in [1.29, 1.82) is 0 Å². The first kappa shape index (κ1) is 18.8. The number of carbonyl (C=O) groups excluding carboxylic acids is 1. The maximum atomic E-state index is 11.9. The number of carbonyl (C=O) groups is 1. The molecule has 5 nitrogen and oxygen atoms in total. The van der Waals surface area contributed by atoms with E-state index in [1.165, 1.54) is 6.92 Å². The highest BCUT2D eigenvalue weighted by atomic mass is 35.5. The summed E-state index contributed by atoms with van der Waals surface area (Å²) in [4.78, 5) is 11.9. The molecule has 0 aromatic heterocycles. The van der Waals surface area contributed by atoms with Gasteiger partial charge in [-0.25, -0.2) is 8.42 Å². The van der Waals surface area contributed by atoms with E-state index in [0.29, 0.717) is 24.6 Å². The molecule has 0 bridgehead atoms. The zero-order chi connectivity index (χ0) is 16.8. The molecule has 0 radical (unpaired) electrons. The van der Waals surface area contributed by atoms with Gasteiger partial charge in [-0.05, 0) is 51.5 Å². The van der Waals surface area contributed by atoms with Crippen LogP contribution in [-0.2, 0) is 9.84 Å². The largest absolute Gasteiger partial charge is 0.383 e. The molecule has 0 fully saturated rings. The Labute approximate surface area is 137 Å². The maximum absolute atomic E-state index is 11.9. The van der Waals surface area contributed by atoms with Gasteiger partial charge >= 0.3 is 0 Å². The second kappa shape index (κ2) is 8.39. The highest BCUT2D eigenvalue weighted by Gasteiger charge is 2.17. The third kappa shape index (κ3) is 6.23. The summed E-state index contributed by atoms with van der Waals surface area (Å²) >= 11 is 5.58. The van der Waals surface area contributed by atoms with Gasteiger partial charge in [0.25, 0.3) is 5.91 Å². The number of nitrogens with one attached hydrogen (secondary N) is 2. The number of hydrogen-bond acceptors (Lipinski definition) is 4. The predicted octanol–water partition coefficient (Wildman–Crippen LogP) is 2.63. The predicted molar refractivity (Wildman–Crippen MR) is 91.3 cm³/mol. The molecule has 1 unspecified atom stereocenters. The highest BCUT2D eigenvalue weighted by Crippen LogP contribution is 2.11. The smallest absolute Gasteiger partial charge is 0.251 e. The average molecular weight is 347 g/mol. The van der Waals surface area contributed by atoms with Gasteiger partial charge in [-0.15, -0.1) is 11.6 Å². The lowest BCUT2D eigenvalue weighted by Gasteiger charge is -2.11. The van der Waals surface area contributed by atoms with Crippen molar-refractivity contribution >= 4 is 33.0 Å². The molecular formula is C15H23ClN2O3S. The van der Waals surface area contributed by atoms with Crippen LogP contribution in [0.1, 0.15) is 37.6 Å². The molecule has 1 amide bonds. The minimum absolute atomic E-state index is 0.0325. The number of hydrogen-bond donors (Lipinski definition) is 2. The van der Waals surface area contributed by atoms with Crippen LogP contribution < -0.4 is 10.6 Å². The summed E-state index contributed by atoms with van der Waals surface area (Å²) in [6.45, 7) is 5.81. The van der Waals surface area contributed by atoms with Crippen LogP contribution in [0.5, 0.6) is 0 Å². The first-order chi connectivity index (χ1) is 10.2. The Morgan fingerprint density at radius 2 is 1.77 bits per heavy atom. The van der Waals surface area contributed by atoms with Crippen molar-refractivity contribution < 1.29 is 13.2 Å². The first-order valence-electron chi connectivity index (χ1n) is 7.23. The lowest BCUT2D eigenvalue weighted by atomic mass is 10.2. The van der Waals surface area contributed by atoms with Gasteiger partial charge < -0.3 is 10.6 Å². The fourth-order valence-electron chi connectivity index (χ4n) is 1.79. The summed E-state index contributed by atoms with van der Waals surface area (Å²) in [7, 11) is -3.27. The second-order valence-electron chi connectivity index (χ2n) is 5.40. The van der Waals surface area contributed by atoms with Crippen LogP contribution in [0.4, 0.5) is 5.69 Å². The van der Waals surface area contributed by atoms with Gasteiger partial charge in [0, 0.05) is 23.8 Å². The number of amides is 1. The molecule has 0 heterocycles. The molecular weight excluding hydrogens is 324 g/mol. The zero-order valence-corrected chi connectivity index (χ0v) is 14.7. The van der Waals surface area contributed by atoms with Gasteiger partial charge in [-0.3, -0.25) is 4.79 Å². The summed E-state index contributed by atoms with van der Waals surface area (Å²) in [6, 6.07) is 7.48. The summed E-state index contributed by atoms with van der Waals surface area (Å²) < 4.78 is 22.1. The van der Waals surface area contributed by atoms with Gasteiger partial charge in [0.2, 0.25) is 0 Å². The summed E-state index contributed by atoms with van der Waals surface area (Å²) in [5.41, 5.74) is 1.50. The summed E-state index contributed by atoms with van der Waals surface area (Å²) in [6.07, 6.45) is 0.345. The van der Waals surface area contributed by atoms with Gasteiger partial charge in [0.1, 0.15) is 4.71 Å². The first-order valence-corrected chi connectivity index (χ1v) is 9.38. The Morgan fingerprint density at radius 3 is 2.27 bits per heavy atom. The molecule has 2 N–H and O–H groups in total. The van der Waals surface area contributed by atoms with Crippen molar-refractivity contribution in [1.82, 2.24) is 5.32 Å². The number of rotatable bonds is 8. The number of halogens is 1. The monoisotopic (exact) mass is 346 g/mol. The second-order valence-corrected chi connectivity index (χ2v) is 8.75. The van der Waals surface area contributed by atoms with E-state index < -0.39 is 14.5 Å². The third-order valence-corrected chi connectivity index (χ3v) is 5.65. The van der Waals surface area contributed by atoms with E-state index in [4.69, 9.17) is 11.6 Å². The Morgan fingerprint density at radius 1 is 1.18 bits per heavy atom. The van der Waals surface area contributed by atoms with E-state index in [1.54, 1.807) is 12.1 Å². The number of anilines is 1. The molecule has 7 heteroatoms. The molecule has 22 heavy (non-hydrogen) atoms. The lowest BCUT2D eigenvalue weighted by molar-refractivity contribution is 0.0953. The molecule has 1 atom stereocenters. The van der Waals surface area contributed by atoms with Gasteiger partial charge in [-0.2, -0.15) is 0 Å². The van der Waals surface area contributed by atoms with E-state index in [1.807, 2.05) is 26.0 Å². The number of benzene rings is 1. The van der Waals surface area contributed by atoms with Crippen LogP contribution >= 0.6 is 11.6 Å². The molecule has 0 saturated carbocycles. The van der Waals surface area contributed by atoms with Crippen LogP contribution in [0.2, 0.25) is 0 Å². The van der Waals surface area contributed by atoms with Crippen LogP contribution in [0.25, 0.3) is 0 Å². The molecule has 0 saturated heterocycles. The van der Waals surface area contributed by atoms with Gasteiger partial charge in [0.15, 0.2) is 9.84 Å². The van der Waals surface area contributed by atoms with Crippen molar-refractivity contribution in [2.24, 2.45) is 0 Å². The normalized spacial score (nSPS) is 13.0. The Balaban J connectivity index is 2.43. The fraction of sp³-hybridized carbons (Fsp3) is 0.533. The summed E-state index contributed by atoms with van der Waals surface area (Å²) in [5.74, 6) is -0.248. The summed E-state index contributed by atoms with van der Waals surface area (Å²) in [5, 5.41) is 5.94. The highest BCUT2D eigenvalue weighted by molar-refractivity contribution is 7.93. The van der Waals surface area contributed by atoms with Gasteiger partial charge in [-0.1, -0.05) is 0 Å². The van der Waals surface area contributed by atoms with Crippen molar-refractivity contribution in [2.75, 3.05) is 17.6 Å². The third-order valence-electron chi connectivity index (χ3n) is 2.99. The van der Waals surface area contributed by atoms with Crippen molar-refractivity contribution in [3.05, 3.63) is 29.8 Å². The number of sulfone groups is 1. The average Bonchev–Trinajstić information content (AvgIpc) is 2.43.